The molecule has 0 saturated heterocycles. The summed E-state index contributed by atoms with van der Waals surface area (Å²) in [5, 5.41) is 19.6. The van der Waals surface area contributed by atoms with Crippen molar-refractivity contribution >= 4 is 0 Å². The average Bonchev–Trinajstić information content (AvgIpc) is 2.42. The zero-order chi connectivity index (χ0) is 14.8. The standard InChI is InChI=1S/C17H16FNO/c1-12-8-16(18)7-6-14(12)10-17(2,20)15-5-3-4-13(9-15)11-19/h3-9,20H,10H2,1-2H3. The summed E-state index contributed by atoms with van der Waals surface area (Å²) in [5.74, 6) is -0.280. The average molecular weight is 269 g/mol. The van der Waals surface area contributed by atoms with Crippen molar-refractivity contribution in [2.45, 2.75) is 25.9 Å². The first-order chi connectivity index (χ1) is 9.42. The first-order valence-electron chi connectivity index (χ1n) is 6.40. The van der Waals surface area contributed by atoms with Crippen LogP contribution >= 0.6 is 0 Å². The highest BCUT2D eigenvalue weighted by Gasteiger charge is 2.24. The number of nitriles is 1. The van der Waals surface area contributed by atoms with Gasteiger partial charge in [0.25, 0.3) is 0 Å². The van der Waals surface area contributed by atoms with E-state index in [4.69, 9.17) is 5.26 Å². The molecule has 0 amide bonds. The molecule has 0 aliphatic heterocycles. The summed E-state index contributed by atoms with van der Waals surface area (Å²) >= 11 is 0. The molecule has 0 heterocycles. The minimum absolute atomic E-state index is 0.280. The van der Waals surface area contributed by atoms with Crippen molar-refractivity contribution in [1.82, 2.24) is 0 Å². The van der Waals surface area contributed by atoms with Crippen LogP contribution in [0.3, 0.4) is 0 Å². The number of rotatable bonds is 3. The molecule has 0 fully saturated rings. The Labute approximate surface area is 118 Å². The maximum atomic E-state index is 13.1. The van der Waals surface area contributed by atoms with Crippen molar-refractivity contribution in [1.29, 1.82) is 5.26 Å². The van der Waals surface area contributed by atoms with Crippen LogP contribution in [-0.2, 0) is 12.0 Å². The molecular weight excluding hydrogens is 253 g/mol. The van der Waals surface area contributed by atoms with Gasteiger partial charge in [-0.3, -0.25) is 0 Å². The molecule has 102 valence electrons. The van der Waals surface area contributed by atoms with E-state index in [1.54, 1.807) is 37.3 Å². The molecule has 2 nitrogen and oxygen atoms in total. The molecule has 0 aliphatic rings. The Morgan fingerprint density at radius 1 is 1.25 bits per heavy atom. The molecule has 20 heavy (non-hydrogen) atoms. The fraction of sp³-hybridized carbons (Fsp3) is 0.235. The highest BCUT2D eigenvalue weighted by Crippen LogP contribution is 2.27. The second kappa shape index (κ2) is 5.44. The lowest BCUT2D eigenvalue weighted by Gasteiger charge is -2.25. The highest BCUT2D eigenvalue weighted by atomic mass is 19.1. The van der Waals surface area contributed by atoms with Crippen LogP contribution in [0.2, 0.25) is 0 Å². The molecule has 1 atom stereocenters. The van der Waals surface area contributed by atoms with Crippen LogP contribution in [0.15, 0.2) is 42.5 Å². The Balaban J connectivity index is 2.32. The number of halogens is 1. The quantitative estimate of drug-likeness (QED) is 0.927. The maximum Gasteiger partial charge on any atom is 0.123 e. The summed E-state index contributed by atoms with van der Waals surface area (Å²) in [7, 11) is 0. The first kappa shape index (κ1) is 14.2. The predicted octanol–water partition coefficient (Wildman–Crippen LogP) is 3.46. The Hall–Kier alpha value is -2.18. The van der Waals surface area contributed by atoms with Crippen molar-refractivity contribution in [3.8, 4) is 6.07 Å². The summed E-state index contributed by atoms with van der Waals surface area (Å²) in [6.45, 7) is 3.52. The summed E-state index contributed by atoms with van der Waals surface area (Å²) < 4.78 is 13.1. The zero-order valence-electron chi connectivity index (χ0n) is 11.5. The highest BCUT2D eigenvalue weighted by molar-refractivity contribution is 5.37. The third kappa shape index (κ3) is 3.04. The third-order valence-electron chi connectivity index (χ3n) is 3.45. The fourth-order valence-electron chi connectivity index (χ4n) is 2.25. The van der Waals surface area contributed by atoms with E-state index >= 15 is 0 Å². The van der Waals surface area contributed by atoms with Crippen molar-refractivity contribution < 1.29 is 9.50 Å². The molecule has 2 aromatic carbocycles. The monoisotopic (exact) mass is 269 g/mol. The van der Waals surface area contributed by atoms with E-state index in [1.165, 1.54) is 12.1 Å². The zero-order valence-corrected chi connectivity index (χ0v) is 11.5. The van der Waals surface area contributed by atoms with Crippen LogP contribution in [0.5, 0.6) is 0 Å². The van der Waals surface area contributed by atoms with Gasteiger partial charge in [-0.05, 0) is 54.8 Å². The molecule has 0 spiro atoms. The van der Waals surface area contributed by atoms with Gasteiger partial charge in [-0.1, -0.05) is 18.2 Å². The Bertz CT molecular complexity index is 671. The van der Waals surface area contributed by atoms with Crippen LogP contribution < -0.4 is 0 Å². The lowest BCUT2D eigenvalue weighted by atomic mass is 9.87. The molecule has 0 aliphatic carbocycles. The van der Waals surface area contributed by atoms with Gasteiger partial charge >= 0.3 is 0 Å². The number of nitrogens with zero attached hydrogens (tertiary/aromatic N) is 1. The fourth-order valence-corrected chi connectivity index (χ4v) is 2.25. The minimum atomic E-state index is -1.10. The van der Waals surface area contributed by atoms with E-state index in [9.17, 15) is 9.50 Å². The number of benzene rings is 2. The molecule has 1 N–H and O–H groups in total. The van der Waals surface area contributed by atoms with Crippen molar-refractivity contribution in [2.75, 3.05) is 0 Å². The maximum absolute atomic E-state index is 13.1. The van der Waals surface area contributed by atoms with Crippen LogP contribution in [0.4, 0.5) is 4.39 Å². The molecule has 0 radical (unpaired) electrons. The lowest BCUT2D eigenvalue weighted by molar-refractivity contribution is 0.0574. The smallest absolute Gasteiger partial charge is 0.123 e. The summed E-state index contributed by atoms with van der Waals surface area (Å²) in [6.07, 6.45) is 0.369. The molecule has 0 bridgehead atoms. The topological polar surface area (TPSA) is 44.0 Å². The number of aryl methyl sites for hydroxylation is 1. The second-order valence-electron chi connectivity index (χ2n) is 5.21. The number of hydrogen-bond acceptors (Lipinski definition) is 2. The van der Waals surface area contributed by atoms with Crippen LogP contribution in [0.25, 0.3) is 0 Å². The number of hydrogen-bond donors (Lipinski definition) is 1. The van der Waals surface area contributed by atoms with Gasteiger partial charge in [0, 0.05) is 6.42 Å². The van der Waals surface area contributed by atoms with Crippen LogP contribution in [-0.4, -0.2) is 5.11 Å². The van der Waals surface area contributed by atoms with Crippen LogP contribution in [0.1, 0.15) is 29.2 Å². The van der Waals surface area contributed by atoms with Gasteiger partial charge in [-0.25, -0.2) is 4.39 Å². The van der Waals surface area contributed by atoms with Gasteiger partial charge in [-0.15, -0.1) is 0 Å². The lowest BCUT2D eigenvalue weighted by Crippen LogP contribution is -2.24. The Morgan fingerprint density at radius 2 is 2.00 bits per heavy atom. The van der Waals surface area contributed by atoms with E-state index in [0.29, 0.717) is 17.5 Å². The molecule has 0 aromatic heterocycles. The molecule has 0 saturated carbocycles. The van der Waals surface area contributed by atoms with Gasteiger partial charge in [-0.2, -0.15) is 5.26 Å². The largest absolute Gasteiger partial charge is 0.385 e. The van der Waals surface area contributed by atoms with Crippen molar-refractivity contribution in [3.63, 3.8) is 0 Å². The normalized spacial score (nSPS) is 13.6. The second-order valence-corrected chi connectivity index (χ2v) is 5.21. The summed E-state index contributed by atoms with van der Waals surface area (Å²) in [5.41, 5.74) is 1.79. The molecular formula is C17H16FNO. The van der Waals surface area contributed by atoms with E-state index < -0.39 is 5.60 Å². The predicted molar refractivity (Wildman–Crippen MR) is 75.6 cm³/mol. The van der Waals surface area contributed by atoms with Gasteiger partial charge in [0.2, 0.25) is 0 Å². The van der Waals surface area contributed by atoms with Gasteiger partial charge < -0.3 is 5.11 Å². The third-order valence-corrected chi connectivity index (χ3v) is 3.45. The summed E-state index contributed by atoms with van der Waals surface area (Å²) in [4.78, 5) is 0. The van der Waals surface area contributed by atoms with Crippen LogP contribution in [0, 0.1) is 24.1 Å². The molecule has 3 heteroatoms. The Kier molecular flexibility index (Phi) is 3.87. The van der Waals surface area contributed by atoms with Crippen molar-refractivity contribution in [3.05, 3.63) is 70.5 Å². The van der Waals surface area contributed by atoms with Crippen molar-refractivity contribution in [2.24, 2.45) is 0 Å². The molecule has 2 rings (SSSR count). The number of aliphatic hydroxyl groups is 1. The summed E-state index contributed by atoms with van der Waals surface area (Å²) in [6, 6.07) is 13.5. The van der Waals surface area contributed by atoms with E-state index in [1.807, 2.05) is 6.92 Å². The van der Waals surface area contributed by atoms with E-state index in [2.05, 4.69) is 6.07 Å². The minimum Gasteiger partial charge on any atom is -0.385 e. The first-order valence-corrected chi connectivity index (χ1v) is 6.40. The molecule has 1 unspecified atom stereocenters. The van der Waals surface area contributed by atoms with Gasteiger partial charge in [0.15, 0.2) is 0 Å². The van der Waals surface area contributed by atoms with Gasteiger partial charge in [0.1, 0.15) is 5.82 Å². The molecule has 2 aromatic rings. The SMILES string of the molecule is Cc1cc(F)ccc1CC(C)(O)c1cccc(C#N)c1. The van der Waals surface area contributed by atoms with E-state index in [-0.39, 0.29) is 5.82 Å². The van der Waals surface area contributed by atoms with Gasteiger partial charge in [0.05, 0.1) is 17.2 Å². The Morgan fingerprint density at radius 3 is 2.65 bits per heavy atom. The van der Waals surface area contributed by atoms with E-state index in [0.717, 1.165) is 11.1 Å².